The summed E-state index contributed by atoms with van der Waals surface area (Å²) in [6.45, 7) is 1.36. The van der Waals surface area contributed by atoms with Gasteiger partial charge in [-0.3, -0.25) is 9.58 Å². The van der Waals surface area contributed by atoms with Crippen LogP contribution in [-0.4, -0.2) is 34.8 Å². The topological polar surface area (TPSA) is 60.5 Å². The molecule has 0 radical (unpaired) electrons. The van der Waals surface area contributed by atoms with Gasteiger partial charge < -0.3 is 9.15 Å². The van der Waals surface area contributed by atoms with Gasteiger partial charge in [0.25, 0.3) is 0 Å². The number of aryl methyl sites for hydroxylation is 1. The van der Waals surface area contributed by atoms with Gasteiger partial charge in [0.05, 0.1) is 19.6 Å². The molecule has 6 nitrogen and oxygen atoms in total. The Morgan fingerprint density at radius 3 is 2.95 bits per heavy atom. The maximum atomic E-state index is 11.5. The Morgan fingerprint density at radius 2 is 2.32 bits per heavy atom. The maximum Gasteiger partial charge on any atom is 0.374 e. The first-order valence-electron chi connectivity index (χ1n) is 5.91. The van der Waals surface area contributed by atoms with Crippen molar-refractivity contribution in [1.82, 2.24) is 14.7 Å². The van der Waals surface area contributed by atoms with Crippen LogP contribution in [0.1, 0.15) is 21.7 Å². The van der Waals surface area contributed by atoms with Crippen LogP contribution in [0.15, 0.2) is 29.1 Å². The number of aromatic nitrogens is 2. The molecule has 2 aromatic rings. The van der Waals surface area contributed by atoms with E-state index < -0.39 is 5.97 Å². The molecule has 0 aromatic carbocycles. The van der Waals surface area contributed by atoms with E-state index in [1.165, 1.54) is 13.4 Å². The highest BCUT2D eigenvalue weighted by atomic mass is 16.5. The smallest absolute Gasteiger partial charge is 0.374 e. The van der Waals surface area contributed by atoms with Crippen molar-refractivity contribution in [2.24, 2.45) is 7.05 Å². The number of hydrogen-bond donors (Lipinski definition) is 0. The third-order valence-corrected chi connectivity index (χ3v) is 2.77. The highest BCUT2D eigenvalue weighted by Gasteiger charge is 2.17. The summed E-state index contributed by atoms with van der Waals surface area (Å²) in [7, 11) is 5.20. The molecule has 0 spiro atoms. The Bertz CT molecular complexity index is 559. The second-order valence-corrected chi connectivity index (χ2v) is 4.46. The van der Waals surface area contributed by atoms with Gasteiger partial charge in [-0.15, -0.1) is 0 Å². The van der Waals surface area contributed by atoms with Crippen LogP contribution in [0.25, 0.3) is 0 Å². The van der Waals surface area contributed by atoms with Crippen LogP contribution in [0.5, 0.6) is 0 Å². The van der Waals surface area contributed by atoms with Crippen molar-refractivity contribution in [3.63, 3.8) is 0 Å². The van der Waals surface area contributed by atoms with Gasteiger partial charge in [0.15, 0.2) is 0 Å². The normalized spacial score (nSPS) is 10.9. The molecule has 0 saturated heterocycles. The monoisotopic (exact) mass is 263 g/mol. The Hall–Kier alpha value is -2.08. The van der Waals surface area contributed by atoms with Gasteiger partial charge in [0.1, 0.15) is 0 Å². The summed E-state index contributed by atoms with van der Waals surface area (Å²) in [5, 5.41) is 4.12. The molecule has 2 rings (SSSR count). The van der Waals surface area contributed by atoms with E-state index in [1.807, 2.05) is 26.5 Å². The van der Waals surface area contributed by atoms with Crippen LogP contribution >= 0.6 is 0 Å². The Morgan fingerprint density at radius 1 is 1.53 bits per heavy atom. The van der Waals surface area contributed by atoms with Crippen LogP contribution in [0.2, 0.25) is 0 Å². The van der Waals surface area contributed by atoms with Crippen molar-refractivity contribution in [3.8, 4) is 0 Å². The molecule has 0 amide bonds. The van der Waals surface area contributed by atoms with Crippen molar-refractivity contribution in [2.45, 2.75) is 13.1 Å². The molecule has 0 bridgehead atoms. The van der Waals surface area contributed by atoms with E-state index in [0.29, 0.717) is 6.54 Å². The second-order valence-electron chi connectivity index (χ2n) is 4.46. The maximum absolute atomic E-state index is 11.5. The molecular formula is C13H17N3O3. The van der Waals surface area contributed by atoms with Crippen molar-refractivity contribution in [1.29, 1.82) is 0 Å². The number of hydrogen-bond acceptors (Lipinski definition) is 5. The fraction of sp³-hybridized carbons (Fsp3) is 0.385. The predicted molar refractivity (Wildman–Crippen MR) is 68.4 cm³/mol. The van der Waals surface area contributed by atoms with Crippen molar-refractivity contribution in [2.75, 3.05) is 14.2 Å². The molecular weight excluding hydrogens is 246 g/mol. The highest BCUT2D eigenvalue weighted by Crippen LogP contribution is 2.15. The molecule has 6 heteroatoms. The summed E-state index contributed by atoms with van der Waals surface area (Å²) < 4.78 is 11.6. The zero-order chi connectivity index (χ0) is 13.8. The van der Waals surface area contributed by atoms with Crippen molar-refractivity contribution < 1.29 is 13.9 Å². The quantitative estimate of drug-likeness (QED) is 0.764. The minimum atomic E-state index is -0.449. The number of carbonyl (C=O) groups is 1. The van der Waals surface area contributed by atoms with E-state index >= 15 is 0 Å². The fourth-order valence-corrected chi connectivity index (χ4v) is 1.94. The lowest BCUT2D eigenvalue weighted by molar-refractivity contribution is 0.0562. The van der Waals surface area contributed by atoms with Gasteiger partial charge in [0, 0.05) is 37.5 Å². The Labute approximate surface area is 111 Å². The van der Waals surface area contributed by atoms with Crippen molar-refractivity contribution in [3.05, 3.63) is 41.6 Å². The number of furan rings is 1. The molecule has 0 aliphatic carbocycles. The minimum Gasteiger partial charge on any atom is -0.463 e. The fourth-order valence-electron chi connectivity index (χ4n) is 1.94. The first kappa shape index (κ1) is 13.4. The summed E-state index contributed by atoms with van der Waals surface area (Å²) in [5.74, 6) is -0.185. The van der Waals surface area contributed by atoms with Gasteiger partial charge in [-0.1, -0.05) is 0 Å². The summed E-state index contributed by atoms with van der Waals surface area (Å²) in [6, 6.07) is 1.78. The molecule has 0 aliphatic rings. The number of nitrogens with zero attached hydrogens (tertiary/aromatic N) is 3. The Balaban J connectivity index is 2.01. The van der Waals surface area contributed by atoms with E-state index in [-0.39, 0.29) is 5.76 Å². The minimum absolute atomic E-state index is 0.264. The molecule has 0 aliphatic heterocycles. The zero-order valence-corrected chi connectivity index (χ0v) is 11.3. The summed E-state index contributed by atoms with van der Waals surface area (Å²) in [5.41, 5.74) is 1.94. The van der Waals surface area contributed by atoms with Gasteiger partial charge in [-0.2, -0.15) is 5.10 Å². The molecule has 102 valence electrons. The van der Waals surface area contributed by atoms with Crippen LogP contribution in [0.3, 0.4) is 0 Å². The lowest BCUT2D eigenvalue weighted by Crippen LogP contribution is -2.18. The van der Waals surface area contributed by atoms with E-state index in [1.54, 1.807) is 10.7 Å². The largest absolute Gasteiger partial charge is 0.463 e. The summed E-state index contributed by atoms with van der Waals surface area (Å²) in [4.78, 5) is 13.6. The second kappa shape index (κ2) is 5.71. The zero-order valence-electron chi connectivity index (χ0n) is 11.3. The molecule has 0 N–H and O–H groups in total. The van der Waals surface area contributed by atoms with E-state index in [0.717, 1.165) is 17.7 Å². The van der Waals surface area contributed by atoms with Crippen molar-refractivity contribution >= 4 is 5.97 Å². The molecule has 0 fully saturated rings. The number of rotatable bonds is 5. The molecule has 2 aromatic heterocycles. The van der Waals surface area contributed by atoms with Crippen LogP contribution < -0.4 is 0 Å². The van der Waals surface area contributed by atoms with E-state index in [2.05, 4.69) is 14.7 Å². The third kappa shape index (κ3) is 3.23. The highest BCUT2D eigenvalue weighted by molar-refractivity contribution is 5.87. The van der Waals surface area contributed by atoms with Gasteiger partial charge >= 0.3 is 5.97 Å². The summed E-state index contributed by atoms with van der Waals surface area (Å²) >= 11 is 0. The SMILES string of the molecule is COC(=O)c1occc1CN(C)Cc1cnn(C)c1. The predicted octanol–water partition coefficient (Wildman–Crippen LogP) is 1.43. The molecule has 0 unspecified atom stereocenters. The number of esters is 1. The van der Waals surface area contributed by atoms with E-state index in [4.69, 9.17) is 4.42 Å². The standard InChI is InChI=1S/C13H17N3O3/c1-15(7-10-6-14-16(2)8-10)9-11-4-5-19-12(11)13(17)18-3/h4-6,8H,7,9H2,1-3H3. The third-order valence-electron chi connectivity index (χ3n) is 2.77. The molecule has 2 heterocycles. The van der Waals surface area contributed by atoms with Crippen LogP contribution in [-0.2, 0) is 24.9 Å². The lowest BCUT2D eigenvalue weighted by atomic mass is 10.2. The average Bonchev–Trinajstić information content (AvgIpc) is 2.97. The van der Waals surface area contributed by atoms with E-state index in [9.17, 15) is 4.79 Å². The van der Waals surface area contributed by atoms with Gasteiger partial charge in [0.2, 0.25) is 5.76 Å². The number of methoxy groups -OCH3 is 1. The molecule has 0 saturated carbocycles. The average molecular weight is 263 g/mol. The molecule has 0 atom stereocenters. The van der Waals surface area contributed by atoms with Crippen LogP contribution in [0.4, 0.5) is 0 Å². The lowest BCUT2D eigenvalue weighted by Gasteiger charge is -2.14. The number of ether oxygens (including phenoxy) is 1. The number of carbonyl (C=O) groups excluding carboxylic acids is 1. The first-order chi connectivity index (χ1) is 9.10. The van der Waals surface area contributed by atoms with Crippen LogP contribution in [0, 0.1) is 0 Å². The first-order valence-corrected chi connectivity index (χ1v) is 5.91. The molecule has 19 heavy (non-hydrogen) atoms. The Kier molecular flexibility index (Phi) is 4.01. The summed E-state index contributed by atoms with van der Waals surface area (Å²) in [6.07, 6.45) is 5.29. The van der Waals surface area contributed by atoms with Gasteiger partial charge in [-0.05, 0) is 13.1 Å². The van der Waals surface area contributed by atoms with Gasteiger partial charge in [-0.25, -0.2) is 4.79 Å².